The molecule has 1 aliphatic heterocycles. The Labute approximate surface area is 173 Å². The maximum absolute atomic E-state index is 12.5. The third-order valence-corrected chi connectivity index (χ3v) is 5.31. The lowest BCUT2D eigenvalue weighted by molar-refractivity contribution is -0.127. The molecule has 0 radical (unpaired) electrons. The molecule has 2 heterocycles. The number of hydrogen-bond acceptors (Lipinski definition) is 5. The highest BCUT2D eigenvalue weighted by Gasteiger charge is 2.17. The van der Waals surface area contributed by atoms with E-state index in [0.717, 1.165) is 43.3 Å². The van der Waals surface area contributed by atoms with E-state index in [2.05, 4.69) is 53.1 Å². The summed E-state index contributed by atoms with van der Waals surface area (Å²) in [5.74, 6) is 1.99. The van der Waals surface area contributed by atoms with Crippen LogP contribution in [0, 0.1) is 0 Å². The Balaban J connectivity index is 1.53. The molecule has 0 bridgehead atoms. The summed E-state index contributed by atoms with van der Waals surface area (Å²) in [6.45, 7) is 10.5. The Morgan fingerprint density at radius 3 is 2.62 bits per heavy atom. The summed E-state index contributed by atoms with van der Waals surface area (Å²) < 4.78 is 5.85. The zero-order chi connectivity index (χ0) is 20.8. The predicted molar refractivity (Wildman–Crippen MR) is 116 cm³/mol. The van der Waals surface area contributed by atoms with Crippen LogP contribution in [0.5, 0.6) is 5.75 Å². The Morgan fingerprint density at radius 1 is 1.14 bits per heavy atom. The lowest BCUT2D eigenvalue weighted by Gasteiger charge is -2.33. The van der Waals surface area contributed by atoms with Crippen molar-refractivity contribution in [3.8, 4) is 5.75 Å². The highest BCUT2D eigenvalue weighted by Crippen LogP contribution is 2.21. The largest absolute Gasteiger partial charge is 0.481 e. The van der Waals surface area contributed by atoms with Crippen molar-refractivity contribution >= 4 is 11.7 Å². The van der Waals surface area contributed by atoms with E-state index < -0.39 is 6.10 Å². The first-order valence-electron chi connectivity index (χ1n) is 10.3. The van der Waals surface area contributed by atoms with Gasteiger partial charge in [0, 0.05) is 38.9 Å². The number of anilines is 1. The van der Waals surface area contributed by atoms with Crippen molar-refractivity contribution in [1.82, 2.24) is 15.2 Å². The molecule has 1 fully saturated rings. The second-order valence-electron chi connectivity index (χ2n) is 8.02. The van der Waals surface area contributed by atoms with Gasteiger partial charge >= 0.3 is 0 Å². The van der Waals surface area contributed by atoms with Gasteiger partial charge in [-0.1, -0.05) is 26.0 Å². The molecule has 2 aromatic rings. The van der Waals surface area contributed by atoms with Crippen molar-refractivity contribution in [2.45, 2.75) is 39.3 Å². The number of rotatable bonds is 7. The fourth-order valence-corrected chi connectivity index (χ4v) is 3.32. The van der Waals surface area contributed by atoms with Crippen LogP contribution in [0.25, 0.3) is 0 Å². The smallest absolute Gasteiger partial charge is 0.261 e. The summed E-state index contributed by atoms with van der Waals surface area (Å²) in [4.78, 5) is 21.6. The van der Waals surface area contributed by atoms with Gasteiger partial charge in [0.15, 0.2) is 6.10 Å². The molecule has 1 saturated heterocycles. The van der Waals surface area contributed by atoms with E-state index in [1.54, 1.807) is 6.92 Å². The van der Waals surface area contributed by atoms with Gasteiger partial charge in [-0.05, 0) is 55.3 Å². The lowest BCUT2D eigenvalue weighted by atomic mass is 10.0. The van der Waals surface area contributed by atoms with Crippen molar-refractivity contribution in [2.75, 3.05) is 38.1 Å². The summed E-state index contributed by atoms with van der Waals surface area (Å²) >= 11 is 0. The molecule has 1 unspecified atom stereocenters. The number of pyridine rings is 1. The Hall–Kier alpha value is -2.60. The van der Waals surface area contributed by atoms with Crippen LogP contribution < -0.4 is 15.0 Å². The number of benzene rings is 1. The van der Waals surface area contributed by atoms with Crippen LogP contribution in [0.3, 0.4) is 0 Å². The van der Waals surface area contributed by atoms with Crippen LogP contribution in [0.15, 0.2) is 42.6 Å². The minimum absolute atomic E-state index is 0.127. The number of amides is 1. The molecule has 1 aliphatic rings. The summed E-state index contributed by atoms with van der Waals surface area (Å²) in [6, 6.07) is 11.9. The third-order valence-electron chi connectivity index (χ3n) is 5.31. The van der Waals surface area contributed by atoms with Gasteiger partial charge in [-0.15, -0.1) is 0 Å². The van der Waals surface area contributed by atoms with Crippen LogP contribution in [-0.4, -0.2) is 55.1 Å². The van der Waals surface area contributed by atoms with E-state index in [1.807, 2.05) is 30.5 Å². The maximum Gasteiger partial charge on any atom is 0.261 e. The maximum atomic E-state index is 12.5. The van der Waals surface area contributed by atoms with Crippen molar-refractivity contribution in [3.63, 3.8) is 0 Å². The average Bonchev–Trinajstić information content (AvgIpc) is 2.73. The first kappa shape index (κ1) is 21.1. The van der Waals surface area contributed by atoms with Crippen molar-refractivity contribution in [2.24, 2.45) is 0 Å². The molecule has 1 amide bonds. The van der Waals surface area contributed by atoms with Gasteiger partial charge in [0.1, 0.15) is 11.6 Å². The van der Waals surface area contributed by atoms with E-state index in [0.29, 0.717) is 12.5 Å². The number of nitrogens with one attached hydrogen (secondary N) is 1. The van der Waals surface area contributed by atoms with Crippen molar-refractivity contribution in [1.29, 1.82) is 0 Å². The number of hydrogen-bond donors (Lipinski definition) is 1. The van der Waals surface area contributed by atoms with E-state index in [9.17, 15) is 4.79 Å². The minimum Gasteiger partial charge on any atom is -0.481 e. The average molecular weight is 397 g/mol. The first-order valence-corrected chi connectivity index (χ1v) is 10.3. The van der Waals surface area contributed by atoms with E-state index in [1.165, 1.54) is 5.56 Å². The highest BCUT2D eigenvalue weighted by molar-refractivity contribution is 5.80. The van der Waals surface area contributed by atoms with Crippen LogP contribution in [0.2, 0.25) is 0 Å². The van der Waals surface area contributed by atoms with Gasteiger partial charge in [0.2, 0.25) is 0 Å². The SMILES string of the molecule is CC(Oc1cccc(C(C)C)c1)C(=O)NCc1ccnc(N2CCN(C)CC2)c1. The first-order chi connectivity index (χ1) is 13.9. The Morgan fingerprint density at radius 2 is 1.90 bits per heavy atom. The number of likely N-dealkylation sites (N-methyl/N-ethyl adjacent to an activating group) is 1. The van der Waals surface area contributed by atoms with Gasteiger partial charge in [0.05, 0.1) is 0 Å². The topological polar surface area (TPSA) is 57.7 Å². The fourth-order valence-electron chi connectivity index (χ4n) is 3.32. The summed E-state index contributed by atoms with van der Waals surface area (Å²) in [6.07, 6.45) is 1.25. The predicted octanol–water partition coefficient (Wildman–Crippen LogP) is 3.04. The number of piperazine rings is 1. The van der Waals surface area contributed by atoms with Crippen LogP contribution in [0.4, 0.5) is 5.82 Å². The lowest BCUT2D eigenvalue weighted by Crippen LogP contribution is -2.44. The molecule has 29 heavy (non-hydrogen) atoms. The zero-order valence-electron chi connectivity index (χ0n) is 17.9. The third kappa shape index (κ3) is 5.94. The van der Waals surface area contributed by atoms with E-state index >= 15 is 0 Å². The molecular weight excluding hydrogens is 364 g/mol. The summed E-state index contributed by atoms with van der Waals surface area (Å²) in [7, 11) is 2.14. The molecule has 1 atom stereocenters. The molecule has 6 nitrogen and oxygen atoms in total. The number of ether oxygens (including phenoxy) is 1. The molecule has 0 saturated carbocycles. The highest BCUT2D eigenvalue weighted by atomic mass is 16.5. The monoisotopic (exact) mass is 396 g/mol. The molecule has 0 spiro atoms. The fraction of sp³-hybridized carbons (Fsp3) is 0.478. The van der Waals surface area contributed by atoms with Crippen molar-refractivity contribution in [3.05, 3.63) is 53.7 Å². The molecule has 1 N–H and O–H groups in total. The Kier molecular flexibility index (Phi) is 7.09. The van der Waals surface area contributed by atoms with Gasteiger partial charge in [-0.25, -0.2) is 4.98 Å². The molecule has 6 heteroatoms. The van der Waals surface area contributed by atoms with Gasteiger partial charge < -0.3 is 19.9 Å². The van der Waals surface area contributed by atoms with Crippen molar-refractivity contribution < 1.29 is 9.53 Å². The number of carbonyl (C=O) groups excluding carboxylic acids is 1. The number of aromatic nitrogens is 1. The quantitative estimate of drug-likeness (QED) is 0.780. The van der Waals surface area contributed by atoms with Gasteiger partial charge in [0.25, 0.3) is 5.91 Å². The molecular formula is C23H32N4O2. The number of nitrogens with zero attached hydrogens (tertiary/aromatic N) is 3. The second kappa shape index (κ2) is 9.74. The minimum atomic E-state index is -0.559. The Bertz CT molecular complexity index is 816. The molecule has 0 aliphatic carbocycles. The molecule has 1 aromatic carbocycles. The second-order valence-corrected chi connectivity index (χ2v) is 8.02. The summed E-state index contributed by atoms with van der Waals surface area (Å²) in [5.41, 5.74) is 2.24. The normalized spacial score (nSPS) is 16.0. The molecule has 3 rings (SSSR count). The standard InChI is InChI=1S/C23H32N4O2/c1-17(2)20-6-5-7-21(15-20)29-18(3)23(28)25-16-19-8-9-24-22(14-19)27-12-10-26(4)11-13-27/h5-9,14-15,17-18H,10-13,16H2,1-4H3,(H,25,28). The van der Waals surface area contributed by atoms with E-state index in [-0.39, 0.29) is 5.91 Å². The zero-order valence-corrected chi connectivity index (χ0v) is 17.9. The molecule has 156 valence electrons. The summed E-state index contributed by atoms with van der Waals surface area (Å²) in [5, 5.41) is 2.98. The molecule has 1 aromatic heterocycles. The van der Waals surface area contributed by atoms with Crippen LogP contribution >= 0.6 is 0 Å². The van der Waals surface area contributed by atoms with Gasteiger partial charge in [-0.3, -0.25) is 4.79 Å². The van der Waals surface area contributed by atoms with E-state index in [4.69, 9.17) is 4.74 Å². The van der Waals surface area contributed by atoms with Gasteiger partial charge in [-0.2, -0.15) is 0 Å². The van der Waals surface area contributed by atoms with Crippen LogP contribution in [0.1, 0.15) is 37.8 Å². The van der Waals surface area contributed by atoms with Crippen LogP contribution in [-0.2, 0) is 11.3 Å². The number of carbonyl (C=O) groups is 1.